The Morgan fingerprint density at radius 2 is 1.75 bits per heavy atom. The SMILES string of the molecule is O=C(C1CC1)N1CCC(O)CC1. The number of aliphatic hydroxyl groups is 1. The molecule has 1 amide bonds. The first-order chi connectivity index (χ1) is 5.77. The number of hydrogen-bond acceptors (Lipinski definition) is 2. The Hall–Kier alpha value is -0.570. The number of rotatable bonds is 1. The average Bonchev–Trinajstić information content (AvgIpc) is 2.87. The lowest BCUT2D eigenvalue weighted by Crippen LogP contribution is -2.40. The van der Waals surface area contributed by atoms with Crippen LogP contribution in [0.1, 0.15) is 25.7 Å². The third-order valence-electron chi connectivity index (χ3n) is 2.70. The highest BCUT2D eigenvalue weighted by Gasteiger charge is 2.34. The first kappa shape index (κ1) is 8.05. The number of carbonyl (C=O) groups is 1. The Labute approximate surface area is 72.4 Å². The van der Waals surface area contributed by atoms with Crippen molar-refractivity contribution in [1.82, 2.24) is 4.90 Å². The maximum atomic E-state index is 11.5. The number of amides is 1. The van der Waals surface area contributed by atoms with Gasteiger partial charge in [-0.05, 0) is 25.7 Å². The highest BCUT2D eigenvalue weighted by Crippen LogP contribution is 2.31. The fourth-order valence-electron chi connectivity index (χ4n) is 1.67. The normalized spacial score (nSPS) is 25.9. The Bertz CT molecular complexity index is 181. The molecular formula is C9H15NO2. The molecular weight excluding hydrogens is 154 g/mol. The van der Waals surface area contributed by atoms with Gasteiger partial charge in [0.25, 0.3) is 0 Å². The molecule has 0 spiro atoms. The lowest BCUT2D eigenvalue weighted by molar-refractivity contribution is -0.134. The molecule has 1 N–H and O–H groups in total. The molecule has 68 valence electrons. The van der Waals surface area contributed by atoms with E-state index in [2.05, 4.69) is 0 Å². The number of aliphatic hydroxyl groups excluding tert-OH is 1. The van der Waals surface area contributed by atoms with Crippen molar-refractivity contribution >= 4 is 5.91 Å². The lowest BCUT2D eigenvalue weighted by Gasteiger charge is -2.29. The number of likely N-dealkylation sites (tertiary alicyclic amines) is 1. The van der Waals surface area contributed by atoms with Gasteiger partial charge < -0.3 is 10.0 Å². The zero-order valence-corrected chi connectivity index (χ0v) is 7.20. The minimum absolute atomic E-state index is 0.173. The highest BCUT2D eigenvalue weighted by atomic mass is 16.3. The standard InChI is InChI=1S/C9H15NO2/c11-8-3-5-10(6-4-8)9(12)7-1-2-7/h7-8,11H,1-6H2. The van der Waals surface area contributed by atoms with Crippen LogP contribution in [0.15, 0.2) is 0 Å². The molecule has 0 bridgehead atoms. The molecule has 2 rings (SSSR count). The third kappa shape index (κ3) is 1.61. The molecule has 1 aliphatic heterocycles. The van der Waals surface area contributed by atoms with Gasteiger partial charge in [0, 0.05) is 19.0 Å². The van der Waals surface area contributed by atoms with Crippen molar-refractivity contribution in [3.8, 4) is 0 Å². The van der Waals surface area contributed by atoms with Crippen molar-refractivity contribution in [2.24, 2.45) is 5.92 Å². The van der Waals surface area contributed by atoms with Crippen molar-refractivity contribution in [1.29, 1.82) is 0 Å². The largest absolute Gasteiger partial charge is 0.393 e. The molecule has 0 aromatic heterocycles. The molecule has 0 unspecified atom stereocenters. The number of piperidine rings is 1. The van der Waals surface area contributed by atoms with Crippen molar-refractivity contribution in [3.05, 3.63) is 0 Å². The Balaban J connectivity index is 1.84. The zero-order chi connectivity index (χ0) is 8.55. The maximum absolute atomic E-state index is 11.5. The minimum Gasteiger partial charge on any atom is -0.393 e. The Morgan fingerprint density at radius 1 is 1.17 bits per heavy atom. The van der Waals surface area contributed by atoms with E-state index in [1.807, 2.05) is 4.90 Å². The van der Waals surface area contributed by atoms with E-state index in [9.17, 15) is 9.90 Å². The quantitative estimate of drug-likeness (QED) is 0.616. The summed E-state index contributed by atoms with van der Waals surface area (Å²) in [6, 6.07) is 0. The highest BCUT2D eigenvalue weighted by molar-refractivity contribution is 5.81. The van der Waals surface area contributed by atoms with Crippen molar-refractivity contribution in [3.63, 3.8) is 0 Å². The van der Waals surface area contributed by atoms with Gasteiger partial charge in [-0.15, -0.1) is 0 Å². The van der Waals surface area contributed by atoms with E-state index in [0.29, 0.717) is 11.8 Å². The Morgan fingerprint density at radius 3 is 2.25 bits per heavy atom. The molecule has 1 saturated heterocycles. The van der Waals surface area contributed by atoms with Crippen LogP contribution in [0.25, 0.3) is 0 Å². The van der Waals surface area contributed by atoms with Gasteiger partial charge in [-0.2, -0.15) is 0 Å². The third-order valence-corrected chi connectivity index (χ3v) is 2.70. The molecule has 3 nitrogen and oxygen atoms in total. The van der Waals surface area contributed by atoms with Crippen LogP contribution < -0.4 is 0 Å². The predicted molar refractivity (Wildman–Crippen MR) is 44.5 cm³/mol. The first-order valence-electron chi connectivity index (χ1n) is 4.74. The minimum atomic E-state index is -0.173. The fraction of sp³-hybridized carbons (Fsp3) is 0.889. The van der Waals surface area contributed by atoms with Gasteiger partial charge in [0.2, 0.25) is 5.91 Å². The van der Waals surface area contributed by atoms with Crippen LogP contribution in [0.5, 0.6) is 0 Å². The summed E-state index contributed by atoms with van der Waals surface area (Å²) in [7, 11) is 0. The number of nitrogens with zero attached hydrogens (tertiary/aromatic N) is 1. The molecule has 2 aliphatic rings. The molecule has 3 heteroatoms. The van der Waals surface area contributed by atoms with Gasteiger partial charge in [0.05, 0.1) is 6.10 Å². The lowest BCUT2D eigenvalue weighted by atomic mass is 10.1. The molecule has 0 radical (unpaired) electrons. The smallest absolute Gasteiger partial charge is 0.225 e. The second kappa shape index (κ2) is 3.05. The van der Waals surface area contributed by atoms with E-state index < -0.39 is 0 Å². The number of hydrogen-bond donors (Lipinski definition) is 1. The van der Waals surface area contributed by atoms with Crippen LogP contribution in [-0.2, 0) is 4.79 Å². The zero-order valence-electron chi connectivity index (χ0n) is 7.20. The Kier molecular flexibility index (Phi) is 2.05. The molecule has 12 heavy (non-hydrogen) atoms. The van der Waals surface area contributed by atoms with Gasteiger partial charge >= 0.3 is 0 Å². The van der Waals surface area contributed by atoms with Crippen molar-refractivity contribution in [2.75, 3.05) is 13.1 Å². The van der Waals surface area contributed by atoms with Crippen LogP contribution in [0, 0.1) is 5.92 Å². The summed E-state index contributed by atoms with van der Waals surface area (Å²) in [5.41, 5.74) is 0. The summed E-state index contributed by atoms with van der Waals surface area (Å²) in [5.74, 6) is 0.655. The second-order valence-electron chi connectivity index (χ2n) is 3.83. The number of carbonyl (C=O) groups excluding carboxylic acids is 1. The van der Waals surface area contributed by atoms with Crippen LogP contribution >= 0.6 is 0 Å². The van der Waals surface area contributed by atoms with Crippen molar-refractivity contribution in [2.45, 2.75) is 31.8 Å². The van der Waals surface area contributed by atoms with Crippen LogP contribution in [-0.4, -0.2) is 35.1 Å². The summed E-state index contributed by atoms with van der Waals surface area (Å²) >= 11 is 0. The van der Waals surface area contributed by atoms with E-state index in [0.717, 1.165) is 38.8 Å². The fourth-order valence-corrected chi connectivity index (χ4v) is 1.67. The summed E-state index contributed by atoms with van der Waals surface area (Å²) < 4.78 is 0. The monoisotopic (exact) mass is 169 g/mol. The van der Waals surface area contributed by atoms with E-state index >= 15 is 0 Å². The first-order valence-corrected chi connectivity index (χ1v) is 4.74. The molecule has 0 aromatic rings. The summed E-state index contributed by atoms with van der Waals surface area (Å²) in [6.07, 6.45) is 3.51. The molecule has 1 heterocycles. The predicted octanol–water partition coefficient (Wildman–Crippen LogP) is 0.380. The topological polar surface area (TPSA) is 40.5 Å². The summed E-state index contributed by atoms with van der Waals surface area (Å²) in [4.78, 5) is 13.4. The van der Waals surface area contributed by atoms with Gasteiger partial charge in [-0.1, -0.05) is 0 Å². The summed E-state index contributed by atoms with van der Waals surface area (Å²) in [5, 5.41) is 9.22. The van der Waals surface area contributed by atoms with E-state index in [-0.39, 0.29) is 6.10 Å². The van der Waals surface area contributed by atoms with Crippen LogP contribution in [0.3, 0.4) is 0 Å². The molecule has 2 fully saturated rings. The second-order valence-corrected chi connectivity index (χ2v) is 3.83. The van der Waals surface area contributed by atoms with E-state index in [4.69, 9.17) is 0 Å². The van der Waals surface area contributed by atoms with Crippen LogP contribution in [0.4, 0.5) is 0 Å². The van der Waals surface area contributed by atoms with E-state index in [1.54, 1.807) is 0 Å². The van der Waals surface area contributed by atoms with Gasteiger partial charge in [-0.25, -0.2) is 0 Å². The van der Waals surface area contributed by atoms with Crippen molar-refractivity contribution < 1.29 is 9.90 Å². The van der Waals surface area contributed by atoms with Crippen LogP contribution in [0.2, 0.25) is 0 Å². The average molecular weight is 169 g/mol. The van der Waals surface area contributed by atoms with Gasteiger partial charge in [-0.3, -0.25) is 4.79 Å². The molecule has 0 aromatic carbocycles. The molecule has 1 saturated carbocycles. The van der Waals surface area contributed by atoms with Gasteiger partial charge in [0.1, 0.15) is 0 Å². The van der Waals surface area contributed by atoms with Gasteiger partial charge in [0.15, 0.2) is 0 Å². The molecule has 1 aliphatic carbocycles. The van der Waals surface area contributed by atoms with E-state index in [1.165, 1.54) is 0 Å². The molecule has 0 atom stereocenters. The maximum Gasteiger partial charge on any atom is 0.225 e. The summed E-state index contributed by atoms with van der Waals surface area (Å²) in [6.45, 7) is 1.52.